The van der Waals surface area contributed by atoms with Gasteiger partial charge in [0, 0.05) is 18.5 Å². The molecule has 3 aromatic rings. The summed E-state index contributed by atoms with van der Waals surface area (Å²) in [7, 11) is 0. The summed E-state index contributed by atoms with van der Waals surface area (Å²) in [5.41, 5.74) is 3.45. The van der Waals surface area contributed by atoms with Crippen molar-refractivity contribution in [2.24, 2.45) is 0 Å². The summed E-state index contributed by atoms with van der Waals surface area (Å²) in [6.45, 7) is 0. The van der Waals surface area contributed by atoms with Crippen molar-refractivity contribution in [3.05, 3.63) is 66.8 Å². The zero-order valence-electron chi connectivity index (χ0n) is 16.4. The van der Waals surface area contributed by atoms with E-state index in [1.807, 2.05) is 4.98 Å². The van der Waals surface area contributed by atoms with E-state index >= 15 is 0 Å². The third kappa shape index (κ3) is 3.35. The minimum Gasteiger partial charge on any atom is -0.454 e. The van der Waals surface area contributed by atoms with Crippen molar-refractivity contribution in [1.82, 2.24) is 14.8 Å². The molecule has 0 unspecified atom stereocenters. The Morgan fingerprint density at radius 1 is 1.09 bits per heavy atom. The van der Waals surface area contributed by atoms with Crippen molar-refractivity contribution < 1.29 is 18.3 Å². The maximum Gasteiger partial charge on any atom is 0.349 e. The van der Waals surface area contributed by atoms with E-state index in [4.69, 9.17) is 33.7 Å². The lowest BCUT2D eigenvalue weighted by atomic mass is 9.62. The predicted octanol–water partition coefficient (Wildman–Crippen LogP) is 3.22. The van der Waals surface area contributed by atoms with Crippen LogP contribution in [0, 0.1) is 0 Å². The highest BCUT2D eigenvalue weighted by atomic mass is 35.5. The van der Waals surface area contributed by atoms with Crippen molar-refractivity contribution in [3.63, 3.8) is 0 Å². The van der Waals surface area contributed by atoms with Crippen LogP contribution in [-0.2, 0) is 10.2 Å². The standard InChI is InChI=1S/C20H13Cl2F2N5O4/c21-11-3-8(29-18(32)27-16(30)15(25)28-29)4-12(22)14(11)33-9-1-2-13-10(5-9)19(17(31)26-13)6-20(23,24)7-19/h1-5H,6-7H2,(H2,25,28)(H,26,31)(H,27,30,32). The first-order valence-electron chi connectivity index (χ1n) is 9.49. The molecule has 1 amide bonds. The number of nitrogens with two attached hydrogens (primary N) is 1. The molecule has 2 aromatic carbocycles. The monoisotopic (exact) mass is 495 g/mol. The summed E-state index contributed by atoms with van der Waals surface area (Å²) < 4.78 is 33.8. The number of nitrogens with one attached hydrogen (secondary N) is 2. The number of carbonyl (C=O) groups excluding carboxylic acids is 1. The van der Waals surface area contributed by atoms with E-state index < -0.39 is 47.2 Å². The Kier molecular flexibility index (Phi) is 4.56. The summed E-state index contributed by atoms with van der Waals surface area (Å²) in [6, 6.07) is 7.22. The fourth-order valence-corrected chi connectivity index (χ4v) is 4.66. The Labute approximate surface area is 193 Å². The number of rotatable bonds is 3. The fraction of sp³-hybridized carbons (Fsp3) is 0.200. The first-order chi connectivity index (χ1) is 15.5. The number of halogens is 4. The summed E-state index contributed by atoms with van der Waals surface area (Å²) in [6.07, 6.45) is -1.16. The third-order valence-electron chi connectivity index (χ3n) is 5.61. The van der Waals surface area contributed by atoms with Gasteiger partial charge in [0.1, 0.15) is 5.75 Å². The Balaban J connectivity index is 1.49. The van der Waals surface area contributed by atoms with E-state index in [9.17, 15) is 23.2 Å². The number of benzene rings is 2. The Bertz CT molecular complexity index is 1440. The van der Waals surface area contributed by atoms with E-state index in [-0.39, 0.29) is 27.2 Å². The van der Waals surface area contributed by atoms with Crippen LogP contribution in [0.25, 0.3) is 5.69 Å². The molecule has 1 aromatic heterocycles. The molecule has 1 spiro atoms. The first kappa shape index (κ1) is 21.4. The van der Waals surface area contributed by atoms with Crippen molar-refractivity contribution in [2.75, 3.05) is 11.1 Å². The molecular weight excluding hydrogens is 483 g/mol. The van der Waals surface area contributed by atoms with Crippen LogP contribution < -0.4 is 27.0 Å². The third-order valence-corrected chi connectivity index (χ3v) is 6.17. The number of aromatic nitrogens is 3. The SMILES string of the molecule is Nc1nn(-c2cc(Cl)c(Oc3ccc4c(c3)C3(CC(F)(F)C3)C(=O)N4)c(Cl)c2)c(=O)[nH]c1=O. The number of nitrogens with zero attached hydrogens (tertiary/aromatic N) is 2. The van der Waals surface area contributed by atoms with E-state index in [0.717, 1.165) is 4.68 Å². The normalized spacial score (nSPS) is 17.4. The Morgan fingerprint density at radius 2 is 1.76 bits per heavy atom. The molecule has 1 saturated carbocycles. The molecule has 1 aliphatic carbocycles. The van der Waals surface area contributed by atoms with Gasteiger partial charge in [0.15, 0.2) is 5.75 Å². The van der Waals surface area contributed by atoms with Gasteiger partial charge in [-0.3, -0.25) is 14.6 Å². The molecule has 13 heteroatoms. The molecule has 1 aliphatic heterocycles. The smallest absolute Gasteiger partial charge is 0.349 e. The first-order valence-corrected chi connectivity index (χ1v) is 10.2. The lowest BCUT2D eigenvalue weighted by Gasteiger charge is -2.43. The number of aromatic amines is 1. The van der Waals surface area contributed by atoms with Crippen LogP contribution >= 0.6 is 23.2 Å². The van der Waals surface area contributed by atoms with Gasteiger partial charge in [-0.25, -0.2) is 13.6 Å². The van der Waals surface area contributed by atoms with Crippen LogP contribution in [0.2, 0.25) is 10.0 Å². The molecule has 0 radical (unpaired) electrons. The van der Waals surface area contributed by atoms with Crippen LogP contribution in [-0.4, -0.2) is 26.6 Å². The molecule has 1 fully saturated rings. The van der Waals surface area contributed by atoms with Crippen molar-refractivity contribution in [1.29, 1.82) is 0 Å². The number of hydrogen-bond donors (Lipinski definition) is 3. The molecule has 33 heavy (non-hydrogen) atoms. The summed E-state index contributed by atoms with van der Waals surface area (Å²) in [5.74, 6) is -3.56. The van der Waals surface area contributed by atoms with Crippen molar-refractivity contribution >= 4 is 40.6 Å². The average Bonchev–Trinajstić information content (AvgIpc) is 2.98. The zero-order valence-corrected chi connectivity index (χ0v) is 17.9. The molecule has 2 heterocycles. The number of ether oxygens (including phenoxy) is 1. The van der Waals surface area contributed by atoms with Gasteiger partial charge in [0.05, 0.1) is 21.1 Å². The van der Waals surface area contributed by atoms with E-state index in [0.29, 0.717) is 11.3 Å². The van der Waals surface area contributed by atoms with Gasteiger partial charge in [-0.1, -0.05) is 23.2 Å². The minimum absolute atomic E-state index is 0.00411. The summed E-state index contributed by atoms with van der Waals surface area (Å²) in [4.78, 5) is 37.8. The summed E-state index contributed by atoms with van der Waals surface area (Å²) >= 11 is 12.6. The molecule has 2 aliphatic rings. The predicted molar refractivity (Wildman–Crippen MR) is 116 cm³/mol. The maximum absolute atomic E-state index is 13.6. The molecule has 9 nitrogen and oxygen atoms in total. The highest BCUT2D eigenvalue weighted by Crippen LogP contribution is 2.58. The van der Waals surface area contributed by atoms with Gasteiger partial charge in [0.2, 0.25) is 11.7 Å². The van der Waals surface area contributed by atoms with E-state index in [1.54, 1.807) is 6.07 Å². The van der Waals surface area contributed by atoms with Gasteiger partial charge >= 0.3 is 5.69 Å². The average molecular weight is 496 g/mol. The van der Waals surface area contributed by atoms with Crippen LogP contribution in [0.5, 0.6) is 11.5 Å². The second-order valence-electron chi connectivity index (χ2n) is 7.85. The molecule has 170 valence electrons. The number of nitrogen functional groups attached to an aromatic ring is 1. The Morgan fingerprint density at radius 3 is 2.39 bits per heavy atom. The van der Waals surface area contributed by atoms with Crippen LogP contribution in [0.4, 0.5) is 20.3 Å². The molecule has 0 bridgehead atoms. The highest BCUT2D eigenvalue weighted by Gasteiger charge is 2.64. The number of alkyl halides is 2. The summed E-state index contributed by atoms with van der Waals surface area (Å²) in [5, 5.41) is 6.33. The van der Waals surface area contributed by atoms with Crippen molar-refractivity contribution in [2.45, 2.75) is 24.2 Å². The lowest BCUT2D eigenvalue weighted by molar-refractivity contribution is -0.152. The molecule has 5 rings (SSSR count). The van der Waals surface area contributed by atoms with Crippen LogP contribution in [0.3, 0.4) is 0 Å². The number of carbonyl (C=O) groups is 1. The van der Waals surface area contributed by atoms with Crippen LogP contribution in [0.15, 0.2) is 39.9 Å². The second-order valence-corrected chi connectivity index (χ2v) is 8.66. The minimum atomic E-state index is -2.91. The topological polar surface area (TPSA) is 132 Å². The molecule has 0 atom stereocenters. The number of amides is 1. The molecule has 4 N–H and O–H groups in total. The fourth-order valence-electron chi connectivity index (χ4n) is 4.11. The second kappa shape index (κ2) is 7.03. The maximum atomic E-state index is 13.6. The molecule has 0 saturated heterocycles. The zero-order chi connectivity index (χ0) is 23.7. The number of hydrogen-bond acceptors (Lipinski definition) is 6. The lowest BCUT2D eigenvalue weighted by Crippen LogP contribution is -2.53. The van der Waals surface area contributed by atoms with E-state index in [2.05, 4.69) is 10.4 Å². The molecular formula is C20H13Cl2F2N5O4. The number of fused-ring (bicyclic) bond motifs is 2. The van der Waals surface area contributed by atoms with Crippen molar-refractivity contribution in [3.8, 4) is 17.2 Å². The highest BCUT2D eigenvalue weighted by molar-refractivity contribution is 6.37. The number of anilines is 2. The van der Waals surface area contributed by atoms with Gasteiger partial charge < -0.3 is 15.8 Å². The van der Waals surface area contributed by atoms with Gasteiger partial charge in [0.25, 0.3) is 11.5 Å². The quantitative estimate of drug-likeness (QED) is 0.510. The van der Waals surface area contributed by atoms with Gasteiger partial charge in [-0.05, 0) is 35.9 Å². The largest absolute Gasteiger partial charge is 0.454 e. The van der Waals surface area contributed by atoms with Gasteiger partial charge in [-0.2, -0.15) is 4.68 Å². The van der Waals surface area contributed by atoms with Crippen LogP contribution in [0.1, 0.15) is 18.4 Å². The van der Waals surface area contributed by atoms with Gasteiger partial charge in [-0.15, -0.1) is 5.10 Å². The van der Waals surface area contributed by atoms with E-state index in [1.165, 1.54) is 24.3 Å². The number of H-pyrrole nitrogens is 1. The Hall–Kier alpha value is -3.44.